The molecule has 0 radical (unpaired) electrons. The number of hydrogen-bond acceptors (Lipinski definition) is 11. The molecule has 2 aliphatic rings. The fourth-order valence-corrected chi connectivity index (χ4v) is 5.98. The number of carbonyl (C=O) groups is 3. The van der Waals surface area contributed by atoms with Crippen molar-refractivity contribution in [2.45, 2.75) is 18.0 Å². The Labute approximate surface area is 218 Å². The number of carbonyl (C=O) groups excluding carboxylic acids is 3. The number of anilines is 1. The number of β-lactam (4-membered cyclic amide) rings is 1. The van der Waals surface area contributed by atoms with Crippen molar-refractivity contribution < 1.29 is 28.9 Å². The fraction of sp³-hybridized carbons (Fsp3) is 0.227. The Bertz CT molecular complexity index is 1430. The Morgan fingerprint density at radius 3 is 2.97 bits per heavy atom. The number of carboxylic acid groups (broad SMARTS) is 1. The molecule has 13 nitrogen and oxygen atoms in total. The zero-order valence-corrected chi connectivity index (χ0v) is 20.9. The normalized spacial score (nSPS) is 19.3. The van der Waals surface area contributed by atoms with E-state index >= 15 is 0 Å². The quantitative estimate of drug-likeness (QED) is 0.138. The second-order valence-corrected chi connectivity index (χ2v) is 9.99. The van der Waals surface area contributed by atoms with E-state index in [9.17, 15) is 19.5 Å². The Hall–Kier alpha value is -4.24. The number of fused-ring (bicyclic) bond motifs is 1. The summed E-state index contributed by atoms with van der Waals surface area (Å²) in [5.74, 6) is -1.72. The molecule has 5 rings (SSSR count). The van der Waals surface area contributed by atoms with Crippen LogP contribution in [0.2, 0.25) is 0 Å². The number of oxime groups is 1. The van der Waals surface area contributed by atoms with Crippen LogP contribution in [0.25, 0.3) is 11.4 Å². The highest BCUT2D eigenvalue weighted by atomic mass is 32.2. The molecule has 3 aromatic heterocycles. The number of imidazole rings is 1. The first-order valence-electron chi connectivity index (χ1n) is 10.9. The van der Waals surface area contributed by atoms with Crippen LogP contribution in [0.15, 0.2) is 58.7 Å². The Morgan fingerprint density at radius 2 is 2.30 bits per heavy atom. The van der Waals surface area contributed by atoms with Crippen molar-refractivity contribution in [2.24, 2.45) is 5.16 Å². The Morgan fingerprint density at radius 1 is 1.46 bits per heavy atom. The molecule has 190 valence electrons. The van der Waals surface area contributed by atoms with E-state index in [1.807, 2.05) is 22.9 Å². The van der Waals surface area contributed by atoms with E-state index in [0.717, 1.165) is 21.8 Å². The fourth-order valence-electron chi connectivity index (χ4n) is 4.10. The molecule has 2 amide bonds. The summed E-state index contributed by atoms with van der Waals surface area (Å²) >= 11 is 2.47. The van der Waals surface area contributed by atoms with Crippen LogP contribution in [0, 0.1) is 0 Å². The number of pyridine rings is 1. The number of thioether (sulfide) groups is 1. The van der Waals surface area contributed by atoms with Crippen LogP contribution in [-0.4, -0.2) is 67.6 Å². The smallest absolute Gasteiger partial charge is 0.276 e. The van der Waals surface area contributed by atoms with Gasteiger partial charge in [0.1, 0.15) is 30.0 Å². The van der Waals surface area contributed by atoms with E-state index in [-0.39, 0.29) is 28.8 Å². The molecule has 0 saturated carbocycles. The van der Waals surface area contributed by atoms with Gasteiger partial charge in [-0.25, -0.2) is 14.5 Å². The van der Waals surface area contributed by atoms with Crippen molar-refractivity contribution in [1.82, 2.24) is 25.2 Å². The second-order valence-electron chi connectivity index (χ2n) is 8.00. The average Bonchev–Trinajstić information content (AvgIpc) is 3.57. The molecule has 2 atom stereocenters. The van der Waals surface area contributed by atoms with Crippen LogP contribution in [0.3, 0.4) is 0 Å². The molecule has 0 aromatic carbocycles. The third-order valence-electron chi connectivity index (χ3n) is 5.69. The van der Waals surface area contributed by atoms with Gasteiger partial charge in [0.25, 0.3) is 11.8 Å². The van der Waals surface area contributed by atoms with Crippen LogP contribution in [-0.2, 0) is 25.8 Å². The van der Waals surface area contributed by atoms with Gasteiger partial charge in [0.15, 0.2) is 29.8 Å². The standard InChI is InChI=1S/C22H20N8O5S2/c1-35-28-14(13-10-37-22(23)26-13)18(31)27-15-19(32)30-16(21(33)34)12(9-36-20(15)30)8-29-6-2-3-11(7-29)17-24-4-5-25-17/h2-7,10,15,20H,8-9H2,1H3,(H4-,23,24,25,26,27,31,33,34)/b28-14-/t15-,20-/m1/s1. The van der Waals surface area contributed by atoms with Crippen molar-refractivity contribution >= 4 is 51.7 Å². The van der Waals surface area contributed by atoms with Crippen molar-refractivity contribution in [3.63, 3.8) is 0 Å². The number of rotatable bonds is 8. The van der Waals surface area contributed by atoms with E-state index in [1.54, 1.807) is 24.0 Å². The van der Waals surface area contributed by atoms with Gasteiger partial charge in [-0.3, -0.25) is 14.5 Å². The van der Waals surface area contributed by atoms with Gasteiger partial charge in [-0.15, -0.1) is 23.1 Å². The summed E-state index contributed by atoms with van der Waals surface area (Å²) in [6, 6.07) is 2.75. The lowest BCUT2D eigenvalue weighted by atomic mass is 10.0. The number of hydrogen-bond donors (Lipinski definition) is 3. The van der Waals surface area contributed by atoms with Crippen LogP contribution in [0.1, 0.15) is 5.69 Å². The van der Waals surface area contributed by atoms with Crippen molar-refractivity contribution in [3.05, 3.63) is 59.3 Å². The Balaban J connectivity index is 1.35. The van der Waals surface area contributed by atoms with Gasteiger partial charge in [-0.05, 0) is 6.07 Å². The first-order valence-corrected chi connectivity index (χ1v) is 12.8. The summed E-state index contributed by atoms with van der Waals surface area (Å²) in [5, 5.41) is 19.6. The summed E-state index contributed by atoms with van der Waals surface area (Å²) in [6.07, 6.45) is 6.98. The van der Waals surface area contributed by atoms with Gasteiger partial charge in [0.2, 0.25) is 0 Å². The molecular weight excluding hydrogens is 520 g/mol. The van der Waals surface area contributed by atoms with Crippen LogP contribution in [0.4, 0.5) is 5.13 Å². The topological polar surface area (TPSA) is 183 Å². The van der Waals surface area contributed by atoms with Crippen LogP contribution >= 0.6 is 23.1 Å². The largest absolute Gasteiger partial charge is 0.543 e. The minimum atomic E-state index is -1.46. The minimum Gasteiger partial charge on any atom is -0.543 e. The number of amides is 2. The maximum Gasteiger partial charge on any atom is 0.276 e. The van der Waals surface area contributed by atoms with Gasteiger partial charge in [-0.2, -0.15) is 0 Å². The number of thiazole rings is 1. The highest BCUT2D eigenvalue weighted by Gasteiger charge is 2.53. The minimum absolute atomic E-state index is 0.147. The number of aliphatic carboxylic acids is 1. The molecule has 0 unspecified atom stereocenters. The summed E-state index contributed by atoms with van der Waals surface area (Å²) in [4.78, 5) is 55.2. The summed E-state index contributed by atoms with van der Waals surface area (Å²) < 4.78 is 1.81. The van der Waals surface area contributed by atoms with Gasteiger partial charge in [0, 0.05) is 35.2 Å². The summed E-state index contributed by atoms with van der Waals surface area (Å²) in [5.41, 5.74) is 6.85. The molecule has 5 heterocycles. The van der Waals surface area contributed by atoms with Crippen molar-refractivity contribution in [3.8, 4) is 11.4 Å². The number of H-pyrrole nitrogens is 1. The van der Waals surface area contributed by atoms with E-state index in [4.69, 9.17) is 10.6 Å². The monoisotopic (exact) mass is 540 g/mol. The first-order chi connectivity index (χ1) is 17.9. The third-order valence-corrected chi connectivity index (χ3v) is 7.71. The molecule has 0 spiro atoms. The SMILES string of the molecule is CO/N=C(\C(=O)N[C@@H]1C(=O)N2C(C(=O)[O-])=C(C[n+]3cccc(-c4ncc[nH]4)c3)CS[C@H]12)c1csc(N)n1. The average molecular weight is 541 g/mol. The maximum atomic E-state index is 13.0. The van der Waals surface area contributed by atoms with Crippen LogP contribution in [0.5, 0.6) is 0 Å². The number of nitrogen functional groups attached to an aromatic ring is 1. The molecule has 37 heavy (non-hydrogen) atoms. The zero-order valence-electron chi connectivity index (χ0n) is 19.3. The third kappa shape index (κ3) is 4.65. The lowest BCUT2D eigenvalue weighted by molar-refractivity contribution is -0.688. The Kier molecular flexibility index (Phi) is 6.62. The molecule has 1 saturated heterocycles. The lowest BCUT2D eigenvalue weighted by Crippen LogP contribution is -2.71. The van der Waals surface area contributed by atoms with Crippen molar-refractivity contribution in [1.29, 1.82) is 0 Å². The number of nitrogens with zero attached hydrogens (tertiary/aromatic N) is 5. The van der Waals surface area contributed by atoms with Gasteiger partial charge in [0.05, 0.1) is 17.2 Å². The number of aromatic nitrogens is 4. The lowest BCUT2D eigenvalue weighted by Gasteiger charge is -2.50. The highest BCUT2D eigenvalue weighted by Crippen LogP contribution is 2.40. The summed E-state index contributed by atoms with van der Waals surface area (Å²) in [6.45, 7) is 0.230. The number of carboxylic acids is 1. The maximum absolute atomic E-state index is 13.0. The predicted molar refractivity (Wildman–Crippen MR) is 131 cm³/mol. The molecule has 0 bridgehead atoms. The molecule has 4 N–H and O–H groups in total. The van der Waals surface area contributed by atoms with E-state index in [2.05, 4.69) is 25.4 Å². The van der Waals surface area contributed by atoms with E-state index in [1.165, 1.54) is 18.9 Å². The van der Waals surface area contributed by atoms with E-state index in [0.29, 0.717) is 17.2 Å². The zero-order chi connectivity index (χ0) is 26.1. The number of aromatic amines is 1. The first kappa shape index (κ1) is 24.5. The van der Waals surface area contributed by atoms with Crippen molar-refractivity contribution in [2.75, 3.05) is 18.6 Å². The molecular formula is C22H20N8O5S2. The van der Waals surface area contributed by atoms with Gasteiger partial charge < -0.3 is 30.8 Å². The summed E-state index contributed by atoms with van der Waals surface area (Å²) in [7, 11) is 1.27. The molecule has 2 aliphatic heterocycles. The predicted octanol–water partition coefficient (Wildman–Crippen LogP) is -1.14. The molecule has 1 fully saturated rings. The van der Waals surface area contributed by atoms with Gasteiger partial charge in [-0.1, -0.05) is 5.16 Å². The van der Waals surface area contributed by atoms with Crippen LogP contribution < -0.4 is 20.7 Å². The second kappa shape index (κ2) is 10.0. The molecule has 15 heteroatoms. The van der Waals surface area contributed by atoms with E-state index < -0.39 is 29.2 Å². The van der Waals surface area contributed by atoms with Gasteiger partial charge >= 0.3 is 0 Å². The molecule has 3 aromatic rings. The molecule has 0 aliphatic carbocycles. The highest BCUT2D eigenvalue weighted by molar-refractivity contribution is 8.00. The number of nitrogens with one attached hydrogen (secondary N) is 2. The number of nitrogens with two attached hydrogens (primary N) is 1.